The zero-order chi connectivity index (χ0) is 22.7. The van der Waals surface area contributed by atoms with Crippen LogP contribution in [0, 0.1) is 0 Å². The molecular weight excluding hydrogens is 408 g/mol. The van der Waals surface area contributed by atoms with Gasteiger partial charge in [0.1, 0.15) is 0 Å². The fourth-order valence-corrected chi connectivity index (χ4v) is 4.76. The molecule has 2 atom stereocenters. The van der Waals surface area contributed by atoms with Gasteiger partial charge in [0.05, 0.1) is 0 Å². The molecule has 1 heterocycles. The van der Waals surface area contributed by atoms with Crippen LogP contribution in [0.2, 0.25) is 0 Å². The van der Waals surface area contributed by atoms with Gasteiger partial charge in [0.2, 0.25) is 11.6 Å². The minimum absolute atomic E-state index is 0.898. The van der Waals surface area contributed by atoms with Crippen molar-refractivity contribution >= 4 is 11.1 Å². The second kappa shape index (κ2) is 8.80. The SMILES string of the molecule is COC1(c2ccccc2)OC(OC)(c2ccccc2)C(c2ccccc2)=C1c1ccccc1. The Morgan fingerprint density at radius 2 is 0.758 bits per heavy atom. The molecule has 3 heteroatoms. The van der Waals surface area contributed by atoms with Crippen molar-refractivity contribution in [2.45, 2.75) is 11.6 Å². The minimum Gasteiger partial charge on any atom is -0.345 e. The molecule has 5 rings (SSSR count). The molecule has 3 nitrogen and oxygen atoms in total. The molecule has 0 bridgehead atoms. The Morgan fingerprint density at radius 1 is 0.455 bits per heavy atom. The molecule has 0 N–H and O–H groups in total. The van der Waals surface area contributed by atoms with Crippen LogP contribution in [0.4, 0.5) is 0 Å². The van der Waals surface area contributed by atoms with E-state index in [4.69, 9.17) is 14.2 Å². The van der Waals surface area contributed by atoms with E-state index in [1.54, 1.807) is 14.2 Å². The van der Waals surface area contributed by atoms with Gasteiger partial charge in [-0.15, -0.1) is 0 Å². The van der Waals surface area contributed by atoms with Crippen LogP contribution < -0.4 is 0 Å². The summed E-state index contributed by atoms with van der Waals surface area (Å²) in [6.45, 7) is 0. The molecule has 2 unspecified atom stereocenters. The van der Waals surface area contributed by atoms with Crippen molar-refractivity contribution in [1.82, 2.24) is 0 Å². The Labute approximate surface area is 194 Å². The maximum atomic E-state index is 7.02. The number of benzene rings is 4. The summed E-state index contributed by atoms with van der Waals surface area (Å²) < 4.78 is 19.7. The van der Waals surface area contributed by atoms with E-state index in [0.29, 0.717) is 0 Å². The second-order valence-corrected chi connectivity index (χ2v) is 7.96. The van der Waals surface area contributed by atoms with Gasteiger partial charge < -0.3 is 14.2 Å². The Hall–Kier alpha value is -3.50. The van der Waals surface area contributed by atoms with Crippen LogP contribution in [0.1, 0.15) is 22.3 Å². The molecule has 0 fully saturated rings. The first-order valence-corrected chi connectivity index (χ1v) is 11.0. The highest BCUT2D eigenvalue weighted by Gasteiger charge is 2.58. The van der Waals surface area contributed by atoms with Crippen molar-refractivity contribution < 1.29 is 14.2 Å². The zero-order valence-corrected chi connectivity index (χ0v) is 18.8. The van der Waals surface area contributed by atoms with Crippen LogP contribution in [-0.2, 0) is 25.8 Å². The van der Waals surface area contributed by atoms with E-state index < -0.39 is 11.6 Å². The van der Waals surface area contributed by atoms with E-state index in [-0.39, 0.29) is 0 Å². The molecule has 0 saturated heterocycles. The largest absolute Gasteiger partial charge is 0.345 e. The van der Waals surface area contributed by atoms with Crippen LogP contribution in [0.15, 0.2) is 121 Å². The van der Waals surface area contributed by atoms with Crippen molar-refractivity contribution in [2.75, 3.05) is 14.2 Å². The highest BCUT2D eigenvalue weighted by Crippen LogP contribution is 2.60. The van der Waals surface area contributed by atoms with E-state index in [1.165, 1.54) is 0 Å². The summed E-state index contributed by atoms with van der Waals surface area (Å²) in [4.78, 5) is 0. The number of methoxy groups -OCH3 is 2. The molecule has 0 aromatic heterocycles. The summed E-state index contributed by atoms with van der Waals surface area (Å²) in [5.74, 6) is -2.36. The lowest BCUT2D eigenvalue weighted by Crippen LogP contribution is -2.38. The summed E-state index contributed by atoms with van der Waals surface area (Å²) >= 11 is 0. The van der Waals surface area contributed by atoms with Crippen molar-refractivity contribution in [3.63, 3.8) is 0 Å². The van der Waals surface area contributed by atoms with Crippen LogP contribution in [0.3, 0.4) is 0 Å². The third-order valence-electron chi connectivity index (χ3n) is 6.20. The predicted octanol–water partition coefficient (Wildman–Crippen LogP) is 6.63. The molecule has 4 aromatic rings. The van der Waals surface area contributed by atoms with E-state index in [0.717, 1.165) is 33.4 Å². The van der Waals surface area contributed by atoms with Gasteiger partial charge >= 0.3 is 0 Å². The molecule has 0 amide bonds. The van der Waals surface area contributed by atoms with Gasteiger partial charge in [-0.05, 0) is 11.1 Å². The predicted molar refractivity (Wildman–Crippen MR) is 131 cm³/mol. The van der Waals surface area contributed by atoms with Crippen molar-refractivity contribution in [3.05, 3.63) is 144 Å². The van der Waals surface area contributed by atoms with Crippen LogP contribution in [0.5, 0.6) is 0 Å². The van der Waals surface area contributed by atoms with E-state index in [1.807, 2.05) is 97.1 Å². The quantitative estimate of drug-likeness (QED) is 0.341. The van der Waals surface area contributed by atoms with Crippen LogP contribution >= 0.6 is 0 Å². The van der Waals surface area contributed by atoms with Crippen LogP contribution in [-0.4, -0.2) is 14.2 Å². The van der Waals surface area contributed by atoms with E-state index in [9.17, 15) is 0 Å². The van der Waals surface area contributed by atoms with Crippen LogP contribution in [0.25, 0.3) is 11.1 Å². The third kappa shape index (κ3) is 3.42. The van der Waals surface area contributed by atoms with Gasteiger partial charge in [0, 0.05) is 36.5 Å². The maximum Gasteiger partial charge on any atom is 0.226 e. The molecule has 0 spiro atoms. The fraction of sp³-hybridized carbons (Fsp3) is 0.133. The molecule has 0 radical (unpaired) electrons. The first-order chi connectivity index (χ1) is 16.2. The van der Waals surface area contributed by atoms with E-state index in [2.05, 4.69) is 24.3 Å². The summed E-state index contributed by atoms with van der Waals surface area (Å²) in [5, 5.41) is 0. The number of hydrogen-bond donors (Lipinski definition) is 0. The molecular formula is C30H26O3. The summed E-state index contributed by atoms with van der Waals surface area (Å²) in [5.41, 5.74) is 5.67. The average molecular weight is 435 g/mol. The summed E-state index contributed by atoms with van der Waals surface area (Å²) in [7, 11) is 3.38. The zero-order valence-electron chi connectivity index (χ0n) is 18.8. The second-order valence-electron chi connectivity index (χ2n) is 7.96. The summed E-state index contributed by atoms with van der Waals surface area (Å²) in [6, 6.07) is 40.6. The standard InChI is InChI=1S/C30H26O3/c1-31-29(25-19-11-5-12-20-25)27(23-15-7-3-8-16-23)28(24-17-9-4-10-18-24)30(32-2,33-29)26-21-13-6-14-22-26/h3-22H,1-2H3. The monoisotopic (exact) mass is 434 g/mol. The van der Waals surface area contributed by atoms with Gasteiger partial charge in [0.15, 0.2) is 0 Å². The minimum atomic E-state index is -1.18. The Bertz CT molecular complexity index is 1140. The van der Waals surface area contributed by atoms with E-state index >= 15 is 0 Å². The molecule has 33 heavy (non-hydrogen) atoms. The Balaban J connectivity index is 1.94. The van der Waals surface area contributed by atoms with Gasteiger partial charge in [0.25, 0.3) is 0 Å². The van der Waals surface area contributed by atoms with Crippen molar-refractivity contribution in [1.29, 1.82) is 0 Å². The first-order valence-electron chi connectivity index (χ1n) is 11.0. The summed E-state index contributed by atoms with van der Waals surface area (Å²) in [6.07, 6.45) is 0. The molecule has 0 saturated carbocycles. The highest BCUT2D eigenvalue weighted by atomic mass is 16.8. The number of rotatable bonds is 6. The maximum absolute atomic E-state index is 7.02. The van der Waals surface area contributed by atoms with Gasteiger partial charge in [-0.2, -0.15) is 0 Å². The number of hydrogen-bond acceptors (Lipinski definition) is 3. The topological polar surface area (TPSA) is 27.7 Å². The molecule has 4 aromatic carbocycles. The average Bonchev–Trinajstić information content (AvgIpc) is 3.23. The molecule has 0 aliphatic carbocycles. The van der Waals surface area contributed by atoms with Crippen molar-refractivity contribution in [2.24, 2.45) is 0 Å². The van der Waals surface area contributed by atoms with Gasteiger partial charge in [-0.1, -0.05) is 121 Å². The first kappa shape index (κ1) is 21.4. The lowest BCUT2D eigenvalue weighted by molar-refractivity contribution is -0.300. The highest BCUT2D eigenvalue weighted by molar-refractivity contribution is 5.99. The Kier molecular flexibility index (Phi) is 5.69. The lowest BCUT2D eigenvalue weighted by Gasteiger charge is -2.36. The van der Waals surface area contributed by atoms with Gasteiger partial charge in [-0.25, -0.2) is 0 Å². The number of ether oxygens (including phenoxy) is 3. The molecule has 164 valence electrons. The fourth-order valence-electron chi connectivity index (χ4n) is 4.76. The molecule has 1 aliphatic heterocycles. The van der Waals surface area contributed by atoms with Gasteiger partial charge in [-0.3, -0.25) is 0 Å². The Morgan fingerprint density at radius 3 is 1.06 bits per heavy atom. The normalized spacial score (nSPS) is 22.5. The third-order valence-corrected chi connectivity index (χ3v) is 6.20. The van der Waals surface area contributed by atoms with Crippen molar-refractivity contribution in [3.8, 4) is 0 Å². The smallest absolute Gasteiger partial charge is 0.226 e. The molecule has 1 aliphatic rings. The lowest BCUT2D eigenvalue weighted by atomic mass is 9.83.